The van der Waals surface area contributed by atoms with Gasteiger partial charge in [0.05, 0.1) is 20.1 Å². The molecule has 0 spiro atoms. The van der Waals surface area contributed by atoms with Gasteiger partial charge in [0.1, 0.15) is 11.5 Å². The third kappa shape index (κ3) is 5.08. The van der Waals surface area contributed by atoms with E-state index in [1.54, 1.807) is 14.2 Å². The molecule has 0 aromatic heterocycles. The summed E-state index contributed by atoms with van der Waals surface area (Å²) in [6.07, 6.45) is 5.13. The van der Waals surface area contributed by atoms with E-state index < -0.39 is 0 Å². The second kappa shape index (κ2) is 10.2. The lowest BCUT2D eigenvalue weighted by Gasteiger charge is -2.21. The zero-order valence-corrected chi connectivity index (χ0v) is 18.8. The standard InChI is InChI=1S/C24H36N2O4/c1-16(2)11-12-25-23(27)21-15-26(24(28)17-7-5-6-8-17)14-20(21)19-10-9-18(29-3)13-22(19)30-4/h9-10,13,16-17,20-21H,5-8,11-12,14-15H2,1-4H3,(H,25,27)/t20-,21-/m1/s1. The maximum absolute atomic E-state index is 13.1. The van der Waals surface area contributed by atoms with Gasteiger partial charge in [0.2, 0.25) is 11.8 Å². The van der Waals surface area contributed by atoms with Gasteiger partial charge >= 0.3 is 0 Å². The Morgan fingerprint density at radius 3 is 2.50 bits per heavy atom. The molecule has 1 aromatic carbocycles. The van der Waals surface area contributed by atoms with Gasteiger partial charge in [-0.25, -0.2) is 0 Å². The number of carbonyl (C=O) groups excluding carboxylic acids is 2. The summed E-state index contributed by atoms with van der Waals surface area (Å²) in [6, 6.07) is 5.72. The van der Waals surface area contributed by atoms with Crippen LogP contribution in [0.4, 0.5) is 0 Å². The maximum atomic E-state index is 13.1. The number of amides is 2. The molecule has 1 aromatic rings. The minimum Gasteiger partial charge on any atom is -0.497 e. The highest BCUT2D eigenvalue weighted by Gasteiger charge is 2.43. The third-order valence-corrected chi connectivity index (χ3v) is 6.53. The average Bonchev–Trinajstić information content (AvgIpc) is 3.42. The summed E-state index contributed by atoms with van der Waals surface area (Å²) < 4.78 is 10.9. The van der Waals surface area contributed by atoms with Crippen molar-refractivity contribution < 1.29 is 19.1 Å². The highest BCUT2D eigenvalue weighted by molar-refractivity contribution is 5.84. The summed E-state index contributed by atoms with van der Waals surface area (Å²) in [5, 5.41) is 3.10. The highest BCUT2D eigenvalue weighted by atomic mass is 16.5. The van der Waals surface area contributed by atoms with Gasteiger partial charge in [0.25, 0.3) is 0 Å². The van der Waals surface area contributed by atoms with Gasteiger partial charge in [-0.15, -0.1) is 0 Å². The normalized spacial score (nSPS) is 21.8. The smallest absolute Gasteiger partial charge is 0.225 e. The number of hydrogen-bond acceptors (Lipinski definition) is 4. The highest BCUT2D eigenvalue weighted by Crippen LogP contribution is 2.40. The van der Waals surface area contributed by atoms with E-state index in [1.807, 2.05) is 23.1 Å². The van der Waals surface area contributed by atoms with Crippen LogP contribution in [0.3, 0.4) is 0 Å². The Labute approximate surface area is 180 Å². The van der Waals surface area contributed by atoms with Crippen LogP contribution < -0.4 is 14.8 Å². The first-order chi connectivity index (χ1) is 14.4. The summed E-state index contributed by atoms with van der Waals surface area (Å²) in [5.74, 6) is 1.95. The van der Waals surface area contributed by atoms with Crippen molar-refractivity contribution in [1.29, 1.82) is 0 Å². The molecule has 166 valence electrons. The molecule has 1 saturated carbocycles. The van der Waals surface area contributed by atoms with Gasteiger partial charge in [-0.3, -0.25) is 9.59 Å². The number of rotatable bonds is 8. The van der Waals surface area contributed by atoms with Crippen molar-refractivity contribution in [3.8, 4) is 11.5 Å². The van der Waals surface area contributed by atoms with Gasteiger partial charge < -0.3 is 19.7 Å². The quantitative estimate of drug-likeness (QED) is 0.703. The Hall–Kier alpha value is -2.24. The van der Waals surface area contributed by atoms with E-state index in [4.69, 9.17) is 9.47 Å². The Balaban J connectivity index is 1.82. The fourth-order valence-electron chi connectivity index (χ4n) is 4.74. The van der Waals surface area contributed by atoms with Crippen LogP contribution in [0.1, 0.15) is 57.4 Å². The Morgan fingerprint density at radius 2 is 1.87 bits per heavy atom. The summed E-state index contributed by atoms with van der Waals surface area (Å²) in [4.78, 5) is 28.1. The number of hydrogen-bond donors (Lipinski definition) is 1. The Kier molecular flexibility index (Phi) is 7.62. The molecule has 0 unspecified atom stereocenters. The van der Waals surface area contributed by atoms with E-state index in [1.165, 1.54) is 0 Å². The molecular formula is C24H36N2O4. The first kappa shape index (κ1) is 22.4. The lowest BCUT2D eigenvalue weighted by Crippen LogP contribution is -2.37. The topological polar surface area (TPSA) is 67.9 Å². The van der Waals surface area contributed by atoms with Gasteiger partial charge in [0.15, 0.2) is 0 Å². The molecule has 1 heterocycles. The minimum atomic E-state index is -0.273. The van der Waals surface area contributed by atoms with Crippen LogP contribution in [-0.2, 0) is 9.59 Å². The molecule has 6 heteroatoms. The predicted octanol–water partition coefficient (Wildman–Crippen LogP) is 3.60. The van der Waals surface area contributed by atoms with Crippen LogP contribution in [0.5, 0.6) is 11.5 Å². The van der Waals surface area contributed by atoms with E-state index >= 15 is 0 Å². The van der Waals surface area contributed by atoms with E-state index in [0.717, 1.165) is 37.7 Å². The minimum absolute atomic E-state index is 0.0280. The molecule has 30 heavy (non-hydrogen) atoms. The lowest BCUT2D eigenvalue weighted by molar-refractivity contribution is -0.134. The SMILES string of the molecule is COc1ccc([C@H]2CN(C(=O)C3CCCC3)C[C@H]2C(=O)NCCC(C)C)c(OC)c1. The number of carbonyl (C=O) groups is 2. The van der Waals surface area contributed by atoms with Crippen molar-refractivity contribution in [2.75, 3.05) is 33.9 Å². The van der Waals surface area contributed by atoms with Crippen molar-refractivity contribution in [3.05, 3.63) is 23.8 Å². The number of nitrogens with zero attached hydrogens (tertiary/aromatic N) is 1. The van der Waals surface area contributed by atoms with Gasteiger partial charge in [-0.05, 0) is 31.2 Å². The van der Waals surface area contributed by atoms with Crippen LogP contribution in [0.25, 0.3) is 0 Å². The van der Waals surface area contributed by atoms with Gasteiger partial charge in [-0.1, -0.05) is 32.8 Å². The molecule has 1 saturated heterocycles. The van der Waals surface area contributed by atoms with Crippen molar-refractivity contribution in [1.82, 2.24) is 10.2 Å². The summed E-state index contributed by atoms with van der Waals surface area (Å²) in [5.41, 5.74) is 0.962. The lowest BCUT2D eigenvalue weighted by atomic mass is 9.87. The molecule has 2 aliphatic rings. The summed E-state index contributed by atoms with van der Waals surface area (Å²) in [6.45, 7) is 5.99. The molecule has 1 N–H and O–H groups in total. The molecule has 6 nitrogen and oxygen atoms in total. The van der Waals surface area contributed by atoms with E-state index in [-0.39, 0.29) is 29.6 Å². The summed E-state index contributed by atoms with van der Waals surface area (Å²) in [7, 11) is 3.25. The fraction of sp³-hybridized carbons (Fsp3) is 0.667. The molecule has 0 bridgehead atoms. The molecule has 1 aliphatic carbocycles. The molecule has 2 atom stereocenters. The van der Waals surface area contributed by atoms with Crippen LogP contribution in [-0.4, -0.2) is 50.6 Å². The monoisotopic (exact) mass is 416 g/mol. The Bertz CT molecular complexity index is 743. The van der Waals surface area contributed by atoms with Crippen LogP contribution in [0.2, 0.25) is 0 Å². The van der Waals surface area contributed by atoms with Crippen LogP contribution >= 0.6 is 0 Å². The zero-order valence-electron chi connectivity index (χ0n) is 18.8. The molecular weight excluding hydrogens is 380 g/mol. The Morgan fingerprint density at radius 1 is 1.13 bits per heavy atom. The number of methoxy groups -OCH3 is 2. The first-order valence-corrected chi connectivity index (χ1v) is 11.2. The number of benzene rings is 1. The first-order valence-electron chi connectivity index (χ1n) is 11.2. The fourth-order valence-corrected chi connectivity index (χ4v) is 4.74. The zero-order chi connectivity index (χ0) is 21.7. The molecule has 3 rings (SSSR count). The second-order valence-electron chi connectivity index (χ2n) is 9.02. The summed E-state index contributed by atoms with van der Waals surface area (Å²) >= 11 is 0. The van der Waals surface area contributed by atoms with Crippen LogP contribution in [0, 0.1) is 17.8 Å². The van der Waals surface area contributed by atoms with Crippen molar-refractivity contribution >= 4 is 11.8 Å². The van der Waals surface area contributed by atoms with Crippen molar-refractivity contribution in [2.45, 2.75) is 51.9 Å². The van der Waals surface area contributed by atoms with Crippen molar-refractivity contribution in [3.63, 3.8) is 0 Å². The van der Waals surface area contributed by atoms with E-state index in [0.29, 0.717) is 37.1 Å². The van der Waals surface area contributed by atoms with Crippen molar-refractivity contribution in [2.24, 2.45) is 17.8 Å². The van der Waals surface area contributed by atoms with Gasteiger partial charge in [-0.2, -0.15) is 0 Å². The third-order valence-electron chi connectivity index (χ3n) is 6.53. The molecule has 2 amide bonds. The predicted molar refractivity (Wildman–Crippen MR) is 117 cm³/mol. The average molecular weight is 417 g/mol. The number of ether oxygens (including phenoxy) is 2. The van der Waals surface area contributed by atoms with E-state index in [9.17, 15) is 9.59 Å². The number of likely N-dealkylation sites (tertiary alicyclic amines) is 1. The van der Waals surface area contributed by atoms with Gasteiger partial charge in [0, 0.05) is 43.1 Å². The number of nitrogens with one attached hydrogen (secondary N) is 1. The maximum Gasteiger partial charge on any atom is 0.225 e. The van der Waals surface area contributed by atoms with Crippen LogP contribution in [0.15, 0.2) is 18.2 Å². The molecule has 1 aliphatic heterocycles. The molecule has 0 radical (unpaired) electrons. The molecule has 2 fully saturated rings. The van der Waals surface area contributed by atoms with E-state index in [2.05, 4.69) is 19.2 Å². The second-order valence-corrected chi connectivity index (χ2v) is 9.02. The largest absolute Gasteiger partial charge is 0.497 e.